The van der Waals surface area contributed by atoms with Crippen LogP contribution in [0, 0.1) is 0 Å². The van der Waals surface area contributed by atoms with Crippen LogP contribution in [0.25, 0.3) is 0 Å². The first-order valence-corrected chi connectivity index (χ1v) is 5.87. The molecule has 0 aromatic heterocycles. The summed E-state index contributed by atoms with van der Waals surface area (Å²) >= 11 is 0. The quantitative estimate of drug-likeness (QED) is 0.730. The van der Waals surface area contributed by atoms with Gasteiger partial charge in [-0.2, -0.15) is 0 Å². The van der Waals surface area contributed by atoms with Crippen LogP contribution >= 0.6 is 10.7 Å². The number of methoxy groups -OCH3 is 1. The van der Waals surface area contributed by atoms with E-state index in [2.05, 4.69) is 0 Å². The summed E-state index contributed by atoms with van der Waals surface area (Å²) in [5.74, 6) is 0. The van der Waals surface area contributed by atoms with Crippen molar-refractivity contribution in [2.45, 2.75) is 11.5 Å². The number of hydrogen-bond acceptors (Lipinski definition) is 3. The minimum absolute atomic E-state index is 0.101. The third kappa shape index (κ3) is 2.99. The molecule has 5 heteroatoms. The third-order valence-electron chi connectivity index (χ3n) is 1.49. The van der Waals surface area contributed by atoms with E-state index in [9.17, 15) is 8.42 Å². The van der Waals surface area contributed by atoms with Gasteiger partial charge in [0.05, 0.1) is 11.5 Å². The van der Waals surface area contributed by atoms with Crippen molar-refractivity contribution >= 4 is 19.7 Å². The molecule has 1 rings (SSSR count). The van der Waals surface area contributed by atoms with Gasteiger partial charge in [-0.1, -0.05) is 12.1 Å². The van der Waals surface area contributed by atoms with Crippen molar-refractivity contribution in [1.29, 1.82) is 0 Å². The largest absolute Gasteiger partial charge is 0.380 e. The second-order valence-corrected chi connectivity index (χ2v) is 5.08. The van der Waals surface area contributed by atoms with E-state index in [0.29, 0.717) is 6.61 Å². The molecule has 0 bridgehead atoms. The van der Waals surface area contributed by atoms with E-state index in [-0.39, 0.29) is 4.90 Å². The molecule has 0 amide bonds. The van der Waals surface area contributed by atoms with Crippen molar-refractivity contribution in [3.8, 4) is 0 Å². The zero-order valence-corrected chi connectivity index (χ0v) is 8.60. The predicted molar refractivity (Wildman–Crippen MR) is 50.2 cm³/mol. The SMILES string of the molecule is COCc1cccc(S(=O)(=O)Cl)c1. The highest BCUT2D eigenvalue weighted by molar-refractivity contribution is 8.13. The first-order chi connectivity index (χ1) is 6.04. The smallest absolute Gasteiger partial charge is 0.261 e. The van der Waals surface area contributed by atoms with Crippen molar-refractivity contribution in [2.75, 3.05) is 7.11 Å². The molecule has 0 saturated carbocycles. The van der Waals surface area contributed by atoms with Gasteiger partial charge < -0.3 is 4.74 Å². The molecular weight excluding hydrogens is 212 g/mol. The molecule has 1 aromatic rings. The van der Waals surface area contributed by atoms with Crippen LogP contribution in [0.2, 0.25) is 0 Å². The lowest BCUT2D eigenvalue weighted by atomic mass is 10.2. The lowest BCUT2D eigenvalue weighted by Gasteiger charge is -2.00. The van der Waals surface area contributed by atoms with Crippen LogP contribution in [0.3, 0.4) is 0 Å². The van der Waals surface area contributed by atoms with Crippen LogP contribution in [0.5, 0.6) is 0 Å². The molecule has 0 aliphatic rings. The number of ether oxygens (including phenoxy) is 1. The summed E-state index contributed by atoms with van der Waals surface area (Å²) in [5.41, 5.74) is 0.782. The highest BCUT2D eigenvalue weighted by atomic mass is 35.7. The van der Waals surface area contributed by atoms with E-state index in [1.54, 1.807) is 19.2 Å². The van der Waals surface area contributed by atoms with Crippen LogP contribution in [0.15, 0.2) is 29.2 Å². The van der Waals surface area contributed by atoms with Gasteiger partial charge in [-0.3, -0.25) is 0 Å². The summed E-state index contributed by atoms with van der Waals surface area (Å²) in [6.07, 6.45) is 0. The Morgan fingerprint density at radius 1 is 1.46 bits per heavy atom. The molecule has 0 radical (unpaired) electrons. The van der Waals surface area contributed by atoms with Gasteiger partial charge in [0.15, 0.2) is 0 Å². The summed E-state index contributed by atoms with van der Waals surface area (Å²) < 4.78 is 26.7. The fraction of sp³-hybridized carbons (Fsp3) is 0.250. The van der Waals surface area contributed by atoms with Crippen LogP contribution < -0.4 is 0 Å². The second kappa shape index (κ2) is 4.09. The highest BCUT2D eigenvalue weighted by Gasteiger charge is 2.09. The van der Waals surface area contributed by atoms with Crippen molar-refractivity contribution in [3.63, 3.8) is 0 Å². The molecule has 3 nitrogen and oxygen atoms in total. The summed E-state index contributed by atoms with van der Waals surface area (Å²) in [7, 11) is 3.08. The lowest BCUT2D eigenvalue weighted by Crippen LogP contribution is -1.93. The molecule has 0 atom stereocenters. The molecule has 0 spiro atoms. The van der Waals surface area contributed by atoms with Gasteiger partial charge in [0.25, 0.3) is 9.05 Å². The molecule has 0 aliphatic heterocycles. The van der Waals surface area contributed by atoms with Crippen LogP contribution in [0.1, 0.15) is 5.56 Å². The van der Waals surface area contributed by atoms with Gasteiger partial charge >= 0.3 is 0 Å². The molecular formula is C8H9ClO3S. The highest BCUT2D eigenvalue weighted by Crippen LogP contribution is 2.16. The zero-order chi connectivity index (χ0) is 9.90. The van der Waals surface area contributed by atoms with Gasteiger partial charge in [0.1, 0.15) is 0 Å². The Hall–Kier alpha value is -0.580. The molecule has 1 aromatic carbocycles. The van der Waals surface area contributed by atoms with E-state index >= 15 is 0 Å². The summed E-state index contributed by atoms with van der Waals surface area (Å²) in [5, 5.41) is 0. The molecule has 13 heavy (non-hydrogen) atoms. The zero-order valence-electron chi connectivity index (χ0n) is 7.03. The van der Waals surface area contributed by atoms with Crippen molar-refractivity contribution in [2.24, 2.45) is 0 Å². The van der Waals surface area contributed by atoms with Gasteiger partial charge in [0, 0.05) is 17.8 Å². The monoisotopic (exact) mass is 220 g/mol. The average molecular weight is 221 g/mol. The first-order valence-electron chi connectivity index (χ1n) is 3.56. The molecule has 0 fully saturated rings. The molecule has 0 unspecified atom stereocenters. The minimum Gasteiger partial charge on any atom is -0.380 e. The maximum absolute atomic E-state index is 10.9. The maximum atomic E-state index is 10.9. The van der Waals surface area contributed by atoms with Crippen molar-refractivity contribution in [1.82, 2.24) is 0 Å². The second-order valence-electron chi connectivity index (χ2n) is 2.52. The Morgan fingerprint density at radius 3 is 2.69 bits per heavy atom. The number of benzene rings is 1. The van der Waals surface area contributed by atoms with Gasteiger partial charge in [-0.05, 0) is 17.7 Å². The minimum atomic E-state index is -3.63. The van der Waals surface area contributed by atoms with Crippen LogP contribution in [0.4, 0.5) is 0 Å². The van der Waals surface area contributed by atoms with Crippen molar-refractivity contribution in [3.05, 3.63) is 29.8 Å². The Labute approximate surface area is 81.7 Å². The van der Waals surface area contributed by atoms with E-state index in [1.165, 1.54) is 12.1 Å². The van der Waals surface area contributed by atoms with E-state index in [1.807, 2.05) is 0 Å². The van der Waals surface area contributed by atoms with Gasteiger partial charge in [-0.25, -0.2) is 8.42 Å². The topological polar surface area (TPSA) is 43.4 Å². The summed E-state index contributed by atoms with van der Waals surface area (Å²) in [4.78, 5) is 0.101. The van der Waals surface area contributed by atoms with E-state index in [0.717, 1.165) is 5.56 Å². The normalized spacial score (nSPS) is 11.5. The number of hydrogen-bond donors (Lipinski definition) is 0. The Balaban J connectivity index is 3.06. The predicted octanol–water partition coefficient (Wildman–Crippen LogP) is 1.76. The summed E-state index contributed by atoms with van der Waals surface area (Å²) in [6, 6.07) is 6.34. The fourth-order valence-electron chi connectivity index (χ4n) is 0.954. The Bertz CT molecular complexity index is 386. The molecule has 0 N–H and O–H groups in total. The van der Waals surface area contributed by atoms with Crippen molar-refractivity contribution < 1.29 is 13.2 Å². The maximum Gasteiger partial charge on any atom is 0.261 e. The average Bonchev–Trinajstić information content (AvgIpc) is 2.04. The molecule has 0 saturated heterocycles. The van der Waals surface area contributed by atoms with Crippen LogP contribution in [-0.2, 0) is 20.4 Å². The van der Waals surface area contributed by atoms with Crippen LogP contribution in [-0.4, -0.2) is 15.5 Å². The van der Waals surface area contributed by atoms with E-state index < -0.39 is 9.05 Å². The Morgan fingerprint density at radius 2 is 2.15 bits per heavy atom. The fourth-order valence-corrected chi connectivity index (χ4v) is 1.77. The standard InChI is InChI=1S/C8H9ClO3S/c1-12-6-7-3-2-4-8(5-7)13(9,10)11/h2-5H,6H2,1H3. The third-order valence-corrected chi connectivity index (χ3v) is 2.84. The van der Waals surface area contributed by atoms with Gasteiger partial charge in [-0.15, -0.1) is 0 Å². The molecule has 0 aliphatic carbocycles. The number of halogens is 1. The van der Waals surface area contributed by atoms with E-state index in [4.69, 9.17) is 15.4 Å². The lowest BCUT2D eigenvalue weighted by molar-refractivity contribution is 0.184. The summed E-state index contributed by atoms with van der Waals surface area (Å²) in [6.45, 7) is 0.375. The molecule has 0 heterocycles. The van der Waals surface area contributed by atoms with Gasteiger partial charge in [0.2, 0.25) is 0 Å². The molecule has 72 valence electrons. The first kappa shape index (κ1) is 10.5. The number of rotatable bonds is 3. The Kier molecular flexibility index (Phi) is 3.30.